The molecule has 7 aromatic carbocycles. The van der Waals surface area contributed by atoms with Crippen molar-refractivity contribution in [3.05, 3.63) is 193 Å². The average molecular weight is 713 g/mol. The van der Waals surface area contributed by atoms with Crippen LogP contribution in [0.25, 0.3) is 93.2 Å². The van der Waals surface area contributed by atoms with E-state index in [0.717, 1.165) is 88.4 Å². The summed E-state index contributed by atoms with van der Waals surface area (Å²) in [4.78, 5) is 8.67. The summed E-state index contributed by atoms with van der Waals surface area (Å²) in [6, 6.07) is 57.6. The van der Waals surface area contributed by atoms with Crippen LogP contribution < -0.4 is 0 Å². The molecule has 0 radical (unpaired) electrons. The van der Waals surface area contributed by atoms with Crippen molar-refractivity contribution in [2.75, 3.05) is 0 Å². The first-order valence-corrected chi connectivity index (χ1v) is 18.2. The maximum Gasteiger partial charge on any atom is 0.187 e. The molecule has 0 aliphatic carbocycles. The van der Waals surface area contributed by atoms with Gasteiger partial charge in [-0.05, 0) is 82.4 Å². The number of fused-ring (bicyclic) bond motifs is 6. The van der Waals surface area contributed by atoms with Gasteiger partial charge < -0.3 is 9.13 Å². The van der Waals surface area contributed by atoms with Crippen molar-refractivity contribution in [1.82, 2.24) is 14.1 Å². The summed E-state index contributed by atoms with van der Waals surface area (Å²) in [6.07, 6.45) is 3.86. The van der Waals surface area contributed by atoms with E-state index in [9.17, 15) is 10.5 Å². The second kappa shape index (κ2) is 13.0. The van der Waals surface area contributed by atoms with Gasteiger partial charge in [-0.2, -0.15) is 10.5 Å². The van der Waals surface area contributed by atoms with Gasteiger partial charge >= 0.3 is 0 Å². The molecule has 10 rings (SSSR count). The lowest BCUT2D eigenvalue weighted by molar-refractivity contribution is 1.09. The zero-order chi connectivity index (χ0) is 37.8. The predicted octanol–water partition coefficient (Wildman–Crippen LogP) is 12.6. The van der Waals surface area contributed by atoms with Crippen molar-refractivity contribution in [3.63, 3.8) is 0 Å². The molecule has 0 fully saturated rings. The molecule has 0 N–H and O–H groups in total. The highest BCUT2D eigenvalue weighted by Crippen LogP contribution is 2.43. The van der Waals surface area contributed by atoms with Gasteiger partial charge in [0.2, 0.25) is 0 Å². The molecule has 0 spiro atoms. The van der Waals surface area contributed by atoms with Crippen LogP contribution in [0.15, 0.2) is 170 Å². The lowest BCUT2D eigenvalue weighted by Gasteiger charge is -2.20. The number of pyridine rings is 1. The highest BCUT2D eigenvalue weighted by Gasteiger charge is 2.23. The summed E-state index contributed by atoms with van der Waals surface area (Å²) in [5, 5.41) is 23.9. The van der Waals surface area contributed by atoms with E-state index in [1.54, 1.807) is 0 Å². The van der Waals surface area contributed by atoms with Gasteiger partial charge in [0.1, 0.15) is 0 Å². The Morgan fingerprint density at radius 1 is 0.446 bits per heavy atom. The zero-order valence-electron chi connectivity index (χ0n) is 29.8. The minimum atomic E-state index is 0.579. The first kappa shape index (κ1) is 32.4. The quantitative estimate of drug-likeness (QED) is 0.167. The van der Waals surface area contributed by atoms with Gasteiger partial charge in [0.05, 0.1) is 75.7 Å². The molecule has 6 nitrogen and oxygen atoms in total. The van der Waals surface area contributed by atoms with Crippen LogP contribution in [0.4, 0.5) is 5.69 Å². The number of aromatic nitrogens is 3. The van der Waals surface area contributed by atoms with Gasteiger partial charge in [0.25, 0.3) is 0 Å². The summed E-state index contributed by atoms with van der Waals surface area (Å²) in [6.45, 7) is 7.62. The van der Waals surface area contributed by atoms with Crippen LogP contribution in [-0.4, -0.2) is 14.1 Å². The van der Waals surface area contributed by atoms with Crippen LogP contribution in [-0.2, 0) is 0 Å². The Labute approximate surface area is 322 Å². The van der Waals surface area contributed by atoms with E-state index in [-0.39, 0.29) is 0 Å². The van der Waals surface area contributed by atoms with Gasteiger partial charge in [0.15, 0.2) is 5.69 Å². The molecule has 0 unspecified atom stereocenters. The largest absolute Gasteiger partial charge is 0.307 e. The topological polar surface area (TPSA) is 74.7 Å². The van der Waals surface area contributed by atoms with E-state index in [4.69, 9.17) is 11.6 Å². The Balaban J connectivity index is 1.31. The fourth-order valence-corrected chi connectivity index (χ4v) is 8.13. The molecule has 6 heteroatoms. The van der Waals surface area contributed by atoms with Crippen LogP contribution in [0.1, 0.15) is 11.1 Å². The monoisotopic (exact) mass is 712 g/mol. The second-order valence-electron chi connectivity index (χ2n) is 13.8. The molecule has 0 bridgehead atoms. The molecule has 0 saturated carbocycles. The molecule has 56 heavy (non-hydrogen) atoms. The molecule has 10 aromatic rings. The van der Waals surface area contributed by atoms with Crippen LogP contribution in [0.5, 0.6) is 0 Å². The number of hydrogen-bond donors (Lipinski definition) is 0. The van der Waals surface area contributed by atoms with Crippen molar-refractivity contribution in [3.8, 4) is 56.9 Å². The lowest BCUT2D eigenvalue weighted by Crippen LogP contribution is -2.05. The number of nitrogens with zero attached hydrogens (tertiary/aromatic N) is 6. The number of para-hydroxylation sites is 2. The van der Waals surface area contributed by atoms with E-state index in [1.165, 1.54) is 0 Å². The molecule has 0 amide bonds. The molecule has 0 atom stereocenters. The lowest BCUT2D eigenvalue weighted by atomic mass is 10.0. The molecule has 3 aromatic heterocycles. The van der Waals surface area contributed by atoms with Gasteiger partial charge in [-0.15, -0.1) is 0 Å². The van der Waals surface area contributed by atoms with Crippen LogP contribution >= 0.6 is 0 Å². The van der Waals surface area contributed by atoms with E-state index in [0.29, 0.717) is 16.8 Å². The molecule has 258 valence electrons. The third-order valence-electron chi connectivity index (χ3n) is 10.7. The standard InChI is InChI=1S/C50H28N6/c1-53-39-11-7-10-36(25-39)38-21-23-43-41-13-3-5-15-45(41)56(47(43)27-38)49-31-54-30-48(50(49)34-18-16-32(28-51)17-19-34)55-44-14-4-2-12-40(44)42-22-20-37(26-46(42)55)35-9-6-8-33(24-35)29-52/h2-27,30-31H. The Bertz CT molecular complexity index is 3150. The van der Waals surface area contributed by atoms with Crippen molar-refractivity contribution in [2.24, 2.45) is 0 Å². The predicted molar refractivity (Wildman–Crippen MR) is 225 cm³/mol. The van der Waals surface area contributed by atoms with Gasteiger partial charge in [-0.3, -0.25) is 4.98 Å². The van der Waals surface area contributed by atoms with Crippen LogP contribution in [0, 0.1) is 29.2 Å². The van der Waals surface area contributed by atoms with E-state index >= 15 is 0 Å². The van der Waals surface area contributed by atoms with Gasteiger partial charge in [0, 0.05) is 27.1 Å². The third-order valence-corrected chi connectivity index (χ3v) is 10.7. The molecule has 0 aliphatic rings. The maximum atomic E-state index is 9.79. The summed E-state index contributed by atoms with van der Waals surface area (Å²) in [5.41, 5.74) is 13.4. The first-order valence-electron chi connectivity index (χ1n) is 18.2. The summed E-state index contributed by atoms with van der Waals surface area (Å²) >= 11 is 0. The van der Waals surface area contributed by atoms with Crippen molar-refractivity contribution >= 4 is 49.3 Å². The highest BCUT2D eigenvalue weighted by molar-refractivity contribution is 6.13. The Hall–Kier alpha value is -8.24. The summed E-state index contributed by atoms with van der Waals surface area (Å²) in [7, 11) is 0. The Kier molecular flexibility index (Phi) is 7.53. The normalized spacial score (nSPS) is 11.2. The zero-order valence-corrected chi connectivity index (χ0v) is 29.8. The minimum Gasteiger partial charge on any atom is -0.307 e. The molecule has 0 saturated heterocycles. The summed E-state index contributed by atoms with van der Waals surface area (Å²) in [5.74, 6) is 0. The number of benzene rings is 7. The van der Waals surface area contributed by atoms with Crippen molar-refractivity contribution < 1.29 is 0 Å². The van der Waals surface area contributed by atoms with E-state index in [2.05, 4.69) is 111 Å². The first-order chi connectivity index (χ1) is 27.6. The van der Waals surface area contributed by atoms with Crippen LogP contribution in [0.3, 0.4) is 0 Å². The molecular weight excluding hydrogens is 685 g/mol. The number of nitriles is 2. The van der Waals surface area contributed by atoms with Crippen molar-refractivity contribution in [1.29, 1.82) is 10.5 Å². The van der Waals surface area contributed by atoms with Gasteiger partial charge in [-0.25, -0.2) is 4.85 Å². The fourth-order valence-electron chi connectivity index (χ4n) is 8.13. The average Bonchev–Trinajstić information content (AvgIpc) is 3.78. The van der Waals surface area contributed by atoms with Crippen molar-refractivity contribution in [2.45, 2.75) is 0 Å². The Morgan fingerprint density at radius 2 is 0.946 bits per heavy atom. The number of rotatable bonds is 5. The minimum absolute atomic E-state index is 0.579. The summed E-state index contributed by atoms with van der Waals surface area (Å²) < 4.78 is 4.59. The molecule has 0 aliphatic heterocycles. The maximum absolute atomic E-state index is 9.79. The van der Waals surface area contributed by atoms with E-state index < -0.39 is 0 Å². The molecule has 3 heterocycles. The SMILES string of the molecule is [C-]#[N+]c1cccc(-c2ccc3c4ccccc4n(-c4cncc(-n5c6ccccc6c6ccc(-c7cccc(C#N)c7)cc65)c4-c4ccc(C#N)cc4)c3c2)c1. The molecular formula is C50H28N6. The van der Waals surface area contributed by atoms with E-state index in [1.807, 2.05) is 85.2 Å². The highest BCUT2D eigenvalue weighted by atomic mass is 15.0. The van der Waals surface area contributed by atoms with Gasteiger partial charge in [-0.1, -0.05) is 103 Å². The smallest absolute Gasteiger partial charge is 0.187 e. The van der Waals surface area contributed by atoms with Crippen LogP contribution in [0.2, 0.25) is 0 Å². The second-order valence-corrected chi connectivity index (χ2v) is 13.8. The third kappa shape index (κ3) is 5.12. The number of hydrogen-bond acceptors (Lipinski definition) is 3. The Morgan fingerprint density at radius 3 is 1.52 bits per heavy atom. The fraction of sp³-hybridized carbons (Fsp3) is 0.